The van der Waals surface area contributed by atoms with Crippen LogP contribution in [0.1, 0.15) is 44.0 Å². The van der Waals surface area contributed by atoms with Crippen LogP contribution in [0.25, 0.3) is 0 Å². The van der Waals surface area contributed by atoms with E-state index in [1.807, 2.05) is 6.92 Å². The smallest absolute Gasteiger partial charge is 0.226 e. The molecule has 1 amide bonds. The number of hydrogen-bond acceptors (Lipinski definition) is 4. The summed E-state index contributed by atoms with van der Waals surface area (Å²) in [6, 6.07) is 0. The molecular formula is C13H19N3OS. The largest absolute Gasteiger partial charge is 0.301 e. The van der Waals surface area contributed by atoms with Gasteiger partial charge >= 0.3 is 0 Å². The molecule has 2 saturated carbocycles. The van der Waals surface area contributed by atoms with Crippen molar-refractivity contribution < 1.29 is 4.79 Å². The van der Waals surface area contributed by atoms with Gasteiger partial charge in [-0.25, -0.2) is 0 Å². The Labute approximate surface area is 111 Å². The van der Waals surface area contributed by atoms with Gasteiger partial charge in [0.1, 0.15) is 5.01 Å². The van der Waals surface area contributed by atoms with Crippen LogP contribution in [-0.4, -0.2) is 16.1 Å². The summed E-state index contributed by atoms with van der Waals surface area (Å²) in [6.45, 7) is 2.04. The van der Waals surface area contributed by atoms with Gasteiger partial charge in [-0.1, -0.05) is 24.7 Å². The first kappa shape index (κ1) is 12.1. The summed E-state index contributed by atoms with van der Waals surface area (Å²) in [5.41, 5.74) is 0. The molecule has 1 heterocycles. The second-order valence-corrected chi connectivity index (χ2v) is 6.60. The van der Waals surface area contributed by atoms with Crippen molar-refractivity contribution in [2.45, 2.75) is 45.4 Å². The predicted molar refractivity (Wildman–Crippen MR) is 71.5 cm³/mol. The van der Waals surface area contributed by atoms with E-state index in [2.05, 4.69) is 15.5 Å². The molecule has 1 aromatic rings. The van der Waals surface area contributed by atoms with E-state index in [9.17, 15) is 4.79 Å². The molecule has 1 N–H and O–H groups in total. The van der Waals surface area contributed by atoms with Crippen LogP contribution in [0.4, 0.5) is 5.13 Å². The van der Waals surface area contributed by atoms with Crippen LogP contribution in [0.3, 0.4) is 0 Å². The summed E-state index contributed by atoms with van der Waals surface area (Å²) in [6.07, 6.45) is 6.88. The molecule has 18 heavy (non-hydrogen) atoms. The highest BCUT2D eigenvalue weighted by Gasteiger charge is 2.40. The molecule has 0 radical (unpaired) electrons. The van der Waals surface area contributed by atoms with Crippen LogP contribution in [0.15, 0.2) is 0 Å². The van der Waals surface area contributed by atoms with Crippen LogP contribution in [-0.2, 0) is 11.2 Å². The van der Waals surface area contributed by atoms with Crippen LogP contribution in [0.5, 0.6) is 0 Å². The van der Waals surface area contributed by atoms with Gasteiger partial charge in [-0.2, -0.15) is 0 Å². The highest BCUT2D eigenvalue weighted by Crippen LogP contribution is 2.49. The van der Waals surface area contributed by atoms with Gasteiger partial charge < -0.3 is 5.32 Å². The molecule has 2 aliphatic carbocycles. The number of carbonyl (C=O) groups is 1. The Balaban J connectivity index is 1.52. The Morgan fingerprint density at radius 3 is 2.89 bits per heavy atom. The third-order valence-electron chi connectivity index (χ3n) is 4.35. The minimum atomic E-state index is 0.117. The number of fused-ring (bicyclic) bond motifs is 2. The summed E-state index contributed by atoms with van der Waals surface area (Å²) in [4.78, 5) is 12.0. The molecule has 0 spiro atoms. The quantitative estimate of drug-likeness (QED) is 0.910. The predicted octanol–water partition coefficient (Wildman–Crippen LogP) is 2.87. The third kappa shape index (κ3) is 2.41. The lowest BCUT2D eigenvalue weighted by molar-refractivity contribution is -0.117. The van der Waals surface area contributed by atoms with Gasteiger partial charge in [0.25, 0.3) is 0 Å². The minimum absolute atomic E-state index is 0.117. The SMILES string of the molecule is CCc1nnc(NC(=O)C[C@@H]2C[C@H]3CC[C@@H]2C3)s1. The molecule has 4 nitrogen and oxygen atoms in total. The molecule has 2 fully saturated rings. The van der Waals surface area contributed by atoms with E-state index in [1.165, 1.54) is 37.0 Å². The number of amides is 1. The lowest BCUT2D eigenvalue weighted by atomic mass is 9.86. The fourth-order valence-electron chi connectivity index (χ4n) is 3.48. The molecule has 1 aromatic heterocycles. The van der Waals surface area contributed by atoms with Gasteiger partial charge in [-0.3, -0.25) is 4.79 Å². The lowest BCUT2D eigenvalue weighted by Gasteiger charge is -2.20. The topological polar surface area (TPSA) is 54.9 Å². The first-order valence-electron chi connectivity index (χ1n) is 6.86. The van der Waals surface area contributed by atoms with Gasteiger partial charge in [0.05, 0.1) is 0 Å². The second-order valence-electron chi connectivity index (χ2n) is 5.54. The lowest BCUT2D eigenvalue weighted by Crippen LogP contribution is -2.20. The van der Waals surface area contributed by atoms with E-state index < -0.39 is 0 Å². The van der Waals surface area contributed by atoms with Crippen LogP contribution < -0.4 is 5.32 Å². The number of carbonyl (C=O) groups excluding carboxylic acids is 1. The van der Waals surface area contributed by atoms with E-state index >= 15 is 0 Å². The zero-order valence-corrected chi connectivity index (χ0v) is 11.5. The normalized spacial score (nSPS) is 29.7. The maximum absolute atomic E-state index is 12.0. The molecule has 0 aliphatic heterocycles. The Bertz CT molecular complexity index is 445. The van der Waals surface area contributed by atoms with E-state index in [0.717, 1.165) is 23.3 Å². The molecule has 2 aliphatic rings. The standard InChI is InChI=1S/C13H19N3OS/c1-2-12-15-16-13(18-12)14-11(17)7-10-6-8-3-4-9(10)5-8/h8-10H,2-7H2,1H3,(H,14,16,17)/t8-,9+,10-/m0/s1. The highest BCUT2D eigenvalue weighted by molar-refractivity contribution is 7.15. The Morgan fingerprint density at radius 2 is 2.28 bits per heavy atom. The van der Waals surface area contributed by atoms with Crippen molar-refractivity contribution in [1.29, 1.82) is 0 Å². The van der Waals surface area contributed by atoms with E-state index in [0.29, 0.717) is 17.5 Å². The van der Waals surface area contributed by atoms with Gasteiger partial charge in [0.2, 0.25) is 11.0 Å². The summed E-state index contributed by atoms with van der Waals surface area (Å²) < 4.78 is 0. The monoisotopic (exact) mass is 265 g/mol. The Hall–Kier alpha value is -0.970. The molecular weight excluding hydrogens is 246 g/mol. The zero-order chi connectivity index (χ0) is 12.5. The van der Waals surface area contributed by atoms with Crippen molar-refractivity contribution in [3.05, 3.63) is 5.01 Å². The maximum atomic E-state index is 12.0. The Morgan fingerprint density at radius 1 is 1.39 bits per heavy atom. The summed E-state index contributed by atoms with van der Waals surface area (Å²) >= 11 is 1.48. The number of hydrogen-bond donors (Lipinski definition) is 1. The summed E-state index contributed by atoms with van der Waals surface area (Å²) in [7, 11) is 0. The maximum Gasteiger partial charge on any atom is 0.226 e. The minimum Gasteiger partial charge on any atom is -0.301 e. The van der Waals surface area contributed by atoms with Gasteiger partial charge in [0.15, 0.2) is 0 Å². The van der Waals surface area contributed by atoms with Gasteiger partial charge in [0, 0.05) is 6.42 Å². The van der Waals surface area contributed by atoms with E-state index in [1.54, 1.807) is 0 Å². The Kier molecular flexibility index (Phi) is 3.33. The fraction of sp³-hybridized carbons (Fsp3) is 0.769. The van der Waals surface area contributed by atoms with Crippen molar-refractivity contribution in [2.24, 2.45) is 17.8 Å². The number of aromatic nitrogens is 2. The van der Waals surface area contributed by atoms with Crippen molar-refractivity contribution in [3.8, 4) is 0 Å². The van der Waals surface area contributed by atoms with Crippen LogP contribution >= 0.6 is 11.3 Å². The molecule has 3 atom stereocenters. The molecule has 0 saturated heterocycles. The fourth-order valence-corrected chi connectivity index (χ4v) is 4.18. The second kappa shape index (κ2) is 4.96. The van der Waals surface area contributed by atoms with Crippen molar-refractivity contribution in [1.82, 2.24) is 10.2 Å². The van der Waals surface area contributed by atoms with Gasteiger partial charge in [-0.05, 0) is 43.4 Å². The van der Waals surface area contributed by atoms with Crippen LogP contribution in [0, 0.1) is 17.8 Å². The van der Waals surface area contributed by atoms with Crippen molar-refractivity contribution in [3.63, 3.8) is 0 Å². The van der Waals surface area contributed by atoms with Crippen molar-refractivity contribution >= 4 is 22.4 Å². The third-order valence-corrected chi connectivity index (χ3v) is 5.33. The number of aryl methyl sites for hydroxylation is 1. The van der Waals surface area contributed by atoms with E-state index in [4.69, 9.17) is 0 Å². The molecule has 0 unspecified atom stereocenters. The number of anilines is 1. The molecule has 0 aromatic carbocycles. The molecule has 3 rings (SSSR count). The summed E-state index contributed by atoms with van der Waals surface area (Å²) in [5.74, 6) is 2.44. The number of nitrogens with one attached hydrogen (secondary N) is 1. The number of nitrogens with zero attached hydrogens (tertiary/aromatic N) is 2. The van der Waals surface area contributed by atoms with Gasteiger partial charge in [-0.15, -0.1) is 10.2 Å². The molecule has 2 bridgehead atoms. The molecule has 98 valence electrons. The first-order valence-corrected chi connectivity index (χ1v) is 7.68. The zero-order valence-electron chi connectivity index (χ0n) is 10.7. The van der Waals surface area contributed by atoms with Crippen molar-refractivity contribution in [2.75, 3.05) is 5.32 Å². The van der Waals surface area contributed by atoms with E-state index in [-0.39, 0.29) is 5.91 Å². The molecule has 5 heteroatoms. The van der Waals surface area contributed by atoms with Crippen LogP contribution in [0.2, 0.25) is 0 Å². The summed E-state index contributed by atoms with van der Waals surface area (Å²) in [5, 5.41) is 12.5. The first-order chi connectivity index (χ1) is 8.74. The average Bonchev–Trinajstić information content (AvgIpc) is 3.04. The highest BCUT2D eigenvalue weighted by atomic mass is 32.1. The number of rotatable bonds is 4. The average molecular weight is 265 g/mol.